The molecule has 0 saturated heterocycles. The van der Waals surface area contributed by atoms with Crippen molar-refractivity contribution >= 4 is 46.1 Å². The summed E-state index contributed by atoms with van der Waals surface area (Å²) in [6.07, 6.45) is 2.70. The third kappa shape index (κ3) is 3.16. The maximum Gasteiger partial charge on any atom is 0.245 e. The zero-order chi connectivity index (χ0) is 13.1. The van der Waals surface area contributed by atoms with Crippen LogP contribution in [0.2, 0.25) is 10.0 Å². The monoisotopic (exact) mass is 300 g/mol. The SMILES string of the molecule is O=C(Cl)/C=C/c1ccc(-c2ccc(Cl)cc2Cl)o1. The van der Waals surface area contributed by atoms with Gasteiger partial charge >= 0.3 is 0 Å². The molecule has 0 aliphatic carbocycles. The second-order valence-corrected chi connectivity index (χ2v) is 4.68. The fraction of sp³-hybridized carbons (Fsp3) is 0. The Morgan fingerprint density at radius 1 is 1.17 bits per heavy atom. The molecule has 0 N–H and O–H groups in total. The first kappa shape index (κ1) is 13.2. The van der Waals surface area contributed by atoms with Crippen LogP contribution in [0, 0.1) is 0 Å². The van der Waals surface area contributed by atoms with Gasteiger partial charge in [-0.25, -0.2) is 0 Å². The van der Waals surface area contributed by atoms with Crippen LogP contribution in [0.3, 0.4) is 0 Å². The minimum Gasteiger partial charge on any atom is -0.457 e. The third-order valence-corrected chi connectivity index (χ3v) is 2.88. The van der Waals surface area contributed by atoms with Crippen molar-refractivity contribution < 1.29 is 9.21 Å². The van der Waals surface area contributed by atoms with Crippen LogP contribution in [-0.4, -0.2) is 5.24 Å². The lowest BCUT2D eigenvalue weighted by atomic mass is 10.2. The Morgan fingerprint density at radius 3 is 2.61 bits per heavy atom. The lowest BCUT2D eigenvalue weighted by Crippen LogP contribution is -1.76. The van der Waals surface area contributed by atoms with E-state index < -0.39 is 5.24 Å². The molecule has 0 aliphatic heterocycles. The normalized spacial score (nSPS) is 11.1. The van der Waals surface area contributed by atoms with Gasteiger partial charge in [0.1, 0.15) is 11.5 Å². The molecule has 1 aromatic carbocycles. The summed E-state index contributed by atoms with van der Waals surface area (Å²) in [5, 5.41) is 0.501. The molecule has 0 fully saturated rings. The highest BCUT2D eigenvalue weighted by Gasteiger charge is 2.08. The van der Waals surface area contributed by atoms with Gasteiger partial charge in [-0.2, -0.15) is 0 Å². The van der Waals surface area contributed by atoms with Gasteiger partial charge < -0.3 is 4.42 Å². The zero-order valence-corrected chi connectivity index (χ0v) is 11.3. The van der Waals surface area contributed by atoms with E-state index in [1.165, 1.54) is 12.2 Å². The first-order valence-corrected chi connectivity index (χ1v) is 6.12. The lowest BCUT2D eigenvalue weighted by molar-refractivity contribution is -0.107. The summed E-state index contributed by atoms with van der Waals surface area (Å²) in [5.41, 5.74) is 0.734. The molecular formula is C13H7Cl3O2. The van der Waals surface area contributed by atoms with E-state index >= 15 is 0 Å². The van der Waals surface area contributed by atoms with E-state index in [2.05, 4.69) is 0 Å². The van der Waals surface area contributed by atoms with Gasteiger partial charge in [-0.05, 0) is 48.0 Å². The van der Waals surface area contributed by atoms with Gasteiger partial charge in [-0.1, -0.05) is 23.2 Å². The number of furan rings is 1. The molecule has 5 heteroatoms. The van der Waals surface area contributed by atoms with Crippen molar-refractivity contribution in [1.29, 1.82) is 0 Å². The predicted molar refractivity (Wildman–Crippen MR) is 74.1 cm³/mol. The number of halogens is 3. The minimum atomic E-state index is -0.558. The van der Waals surface area contributed by atoms with Gasteiger partial charge in [0, 0.05) is 16.7 Å². The molecule has 18 heavy (non-hydrogen) atoms. The van der Waals surface area contributed by atoms with Crippen LogP contribution in [0.4, 0.5) is 0 Å². The number of carbonyl (C=O) groups excluding carboxylic acids is 1. The lowest BCUT2D eigenvalue weighted by Gasteiger charge is -2.00. The Kier molecular flexibility index (Phi) is 4.12. The molecule has 2 aromatic rings. The highest BCUT2D eigenvalue weighted by molar-refractivity contribution is 6.66. The van der Waals surface area contributed by atoms with Crippen molar-refractivity contribution in [2.75, 3.05) is 0 Å². The second kappa shape index (κ2) is 5.61. The van der Waals surface area contributed by atoms with Crippen molar-refractivity contribution in [2.24, 2.45) is 0 Å². The summed E-state index contributed by atoms with van der Waals surface area (Å²) in [7, 11) is 0. The molecule has 0 atom stereocenters. The van der Waals surface area contributed by atoms with Crippen molar-refractivity contribution in [3.8, 4) is 11.3 Å². The zero-order valence-electron chi connectivity index (χ0n) is 8.99. The van der Waals surface area contributed by atoms with E-state index in [0.29, 0.717) is 21.6 Å². The number of hydrogen-bond acceptors (Lipinski definition) is 2. The van der Waals surface area contributed by atoms with Crippen LogP contribution in [0.25, 0.3) is 17.4 Å². The van der Waals surface area contributed by atoms with E-state index in [1.807, 2.05) is 0 Å². The topological polar surface area (TPSA) is 30.2 Å². The van der Waals surface area contributed by atoms with Gasteiger partial charge in [0.25, 0.3) is 0 Å². The van der Waals surface area contributed by atoms with Crippen molar-refractivity contribution in [1.82, 2.24) is 0 Å². The van der Waals surface area contributed by atoms with Crippen molar-refractivity contribution in [3.05, 3.63) is 52.2 Å². The Hall–Kier alpha value is -1.22. The number of rotatable bonds is 3. The molecule has 0 radical (unpaired) electrons. The minimum absolute atomic E-state index is 0.501. The van der Waals surface area contributed by atoms with Gasteiger partial charge in [0.2, 0.25) is 5.24 Å². The summed E-state index contributed by atoms with van der Waals surface area (Å²) < 4.78 is 5.52. The molecule has 2 rings (SSSR count). The summed E-state index contributed by atoms with van der Waals surface area (Å²) in [6.45, 7) is 0. The molecule has 0 amide bonds. The summed E-state index contributed by atoms with van der Waals surface area (Å²) in [4.78, 5) is 10.6. The van der Waals surface area contributed by atoms with E-state index in [1.54, 1.807) is 30.3 Å². The fourth-order valence-corrected chi connectivity index (χ4v) is 1.99. The molecule has 1 aromatic heterocycles. The van der Waals surface area contributed by atoms with E-state index in [-0.39, 0.29) is 0 Å². The number of allylic oxidation sites excluding steroid dienone is 1. The first-order chi connectivity index (χ1) is 8.56. The Balaban J connectivity index is 2.32. The summed E-state index contributed by atoms with van der Waals surface area (Å²) >= 11 is 17.1. The number of benzene rings is 1. The van der Waals surface area contributed by atoms with Gasteiger partial charge in [-0.15, -0.1) is 0 Å². The van der Waals surface area contributed by atoms with Crippen molar-refractivity contribution in [2.45, 2.75) is 0 Å². The smallest absolute Gasteiger partial charge is 0.245 e. The van der Waals surface area contributed by atoms with Crippen LogP contribution in [-0.2, 0) is 4.79 Å². The molecule has 1 heterocycles. The van der Waals surface area contributed by atoms with Gasteiger partial charge in [-0.3, -0.25) is 4.79 Å². The highest BCUT2D eigenvalue weighted by atomic mass is 35.5. The fourth-order valence-electron chi connectivity index (χ4n) is 1.42. The summed E-state index contributed by atoms with van der Waals surface area (Å²) in [6, 6.07) is 8.61. The molecule has 0 unspecified atom stereocenters. The second-order valence-electron chi connectivity index (χ2n) is 3.46. The first-order valence-electron chi connectivity index (χ1n) is 4.99. The van der Waals surface area contributed by atoms with E-state index in [0.717, 1.165) is 5.56 Å². The summed E-state index contributed by atoms with van der Waals surface area (Å²) in [5.74, 6) is 1.11. The van der Waals surface area contributed by atoms with Crippen LogP contribution in [0.1, 0.15) is 5.76 Å². The number of hydrogen-bond donors (Lipinski definition) is 0. The maximum atomic E-state index is 10.6. The Bertz CT molecular complexity index is 614. The maximum absolute atomic E-state index is 10.6. The Morgan fingerprint density at radius 2 is 1.94 bits per heavy atom. The molecule has 92 valence electrons. The predicted octanol–water partition coefficient (Wildman–Crippen LogP) is 5.03. The van der Waals surface area contributed by atoms with Crippen LogP contribution in [0.5, 0.6) is 0 Å². The Labute approximate surface area is 119 Å². The average Bonchev–Trinajstić information content (AvgIpc) is 2.75. The molecule has 0 bridgehead atoms. The quantitative estimate of drug-likeness (QED) is 0.588. The van der Waals surface area contributed by atoms with E-state index in [4.69, 9.17) is 39.2 Å². The molecule has 2 nitrogen and oxygen atoms in total. The van der Waals surface area contributed by atoms with Crippen LogP contribution < -0.4 is 0 Å². The van der Waals surface area contributed by atoms with Gasteiger partial charge in [0.15, 0.2) is 0 Å². The standard InChI is InChI=1S/C13H7Cl3O2/c14-8-1-4-10(11(15)7-8)12-5-2-9(18-12)3-6-13(16)17/h1-7H/b6-3+. The number of carbonyl (C=O) groups is 1. The van der Waals surface area contributed by atoms with Gasteiger partial charge in [0.05, 0.1) is 5.02 Å². The largest absolute Gasteiger partial charge is 0.457 e. The van der Waals surface area contributed by atoms with Crippen molar-refractivity contribution in [3.63, 3.8) is 0 Å². The third-order valence-electron chi connectivity index (χ3n) is 2.20. The highest BCUT2D eigenvalue weighted by Crippen LogP contribution is 2.31. The molecular weight excluding hydrogens is 294 g/mol. The van der Waals surface area contributed by atoms with Crippen LogP contribution in [0.15, 0.2) is 40.8 Å². The van der Waals surface area contributed by atoms with E-state index in [9.17, 15) is 4.79 Å². The molecule has 0 saturated carbocycles. The average molecular weight is 302 g/mol. The van der Waals surface area contributed by atoms with Crippen LogP contribution >= 0.6 is 34.8 Å². The molecule has 0 aliphatic rings. The molecule has 0 spiro atoms.